The smallest absolute Gasteiger partial charge is 0.335 e. The number of methoxy groups -OCH3 is 1. The molecule has 32 heavy (non-hydrogen) atoms. The first-order valence-corrected chi connectivity index (χ1v) is 11.2. The van der Waals surface area contributed by atoms with Crippen LogP contribution < -0.4 is 9.47 Å². The van der Waals surface area contributed by atoms with Gasteiger partial charge in [0.2, 0.25) is 0 Å². The molecule has 0 spiro atoms. The summed E-state index contributed by atoms with van der Waals surface area (Å²) in [6.45, 7) is 5.09. The Bertz CT molecular complexity index is 1050. The van der Waals surface area contributed by atoms with Crippen LogP contribution in [-0.4, -0.2) is 47.3 Å². The first-order valence-electron chi connectivity index (χ1n) is 10.4. The molecular weight excluding hydrogens is 428 g/mol. The monoisotopic (exact) mass is 454 g/mol. The molecule has 2 aromatic carbocycles. The zero-order chi connectivity index (χ0) is 23.1. The van der Waals surface area contributed by atoms with Gasteiger partial charge in [-0.05, 0) is 73.1 Å². The average molecular weight is 455 g/mol. The lowest BCUT2D eigenvalue weighted by Crippen LogP contribution is -2.28. The summed E-state index contributed by atoms with van der Waals surface area (Å²) in [6.07, 6.45) is 3.82. The lowest BCUT2D eigenvalue weighted by molar-refractivity contribution is -0.122. The average Bonchev–Trinajstić information content (AvgIpc) is 3.08. The van der Waals surface area contributed by atoms with Crippen LogP contribution in [0.15, 0.2) is 52.4 Å². The molecule has 8 heteroatoms. The number of benzene rings is 2. The van der Waals surface area contributed by atoms with E-state index < -0.39 is 5.97 Å². The number of amides is 1. The van der Waals surface area contributed by atoms with Gasteiger partial charge in [0.1, 0.15) is 0 Å². The number of aliphatic imine (C=N–C) groups is 1. The van der Waals surface area contributed by atoms with Gasteiger partial charge in [-0.1, -0.05) is 19.4 Å². The van der Waals surface area contributed by atoms with E-state index in [2.05, 4.69) is 11.9 Å². The number of aromatic carboxylic acids is 1. The summed E-state index contributed by atoms with van der Waals surface area (Å²) in [5, 5.41) is 9.59. The Labute approximate surface area is 191 Å². The van der Waals surface area contributed by atoms with Gasteiger partial charge in [0.15, 0.2) is 16.7 Å². The summed E-state index contributed by atoms with van der Waals surface area (Å²) in [5.41, 5.74) is 1.59. The molecule has 1 amide bonds. The number of hydrogen-bond acceptors (Lipinski definition) is 6. The van der Waals surface area contributed by atoms with Gasteiger partial charge in [-0.15, -0.1) is 0 Å². The van der Waals surface area contributed by atoms with Crippen LogP contribution in [0.2, 0.25) is 0 Å². The van der Waals surface area contributed by atoms with Crippen LogP contribution in [0.25, 0.3) is 6.08 Å². The molecular formula is C24H26N2O5S. The Morgan fingerprint density at radius 2 is 1.91 bits per heavy atom. The molecule has 0 unspecified atom stereocenters. The minimum absolute atomic E-state index is 0.124. The van der Waals surface area contributed by atoms with Crippen molar-refractivity contribution < 1.29 is 24.2 Å². The highest BCUT2D eigenvalue weighted by Crippen LogP contribution is 2.35. The highest BCUT2D eigenvalue weighted by atomic mass is 32.2. The van der Waals surface area contributed by atoms with Crippen LogP contribution in [0.3, 0.4) is 0 Å². The number of likely N-dealkylation sites (N-methyl/N-ethyl adjacent to an activating group) is 1. The molecule has 168 valence electrons. The van der Waals surface area contributed by atoms with Crippen molar-refractivity contribution in [3.05, 3.63) is 58.5 Å². The van der Waals surface area contributed by atoms with Gasteiger partial charge in [-0.3, -0.25) is 9.69 Å². The molecule has 1 N–H and O–H groups in total. The number of nitrogens with zero attached hydrogens (tertiary/aromatic N) is 2. The predicted molar refractivity (Wildman–Crippen MR) is 127 cm³/mol. The van der Waals surface area contributed by atoms with E-state index in [1.165, 1.54) is 23.9 Å². The van der Waals surface area contributed by atoms with Gasteiger partial charge in [0, 0.05) is 6.54 Å². The first-order chi connectivity index (χ1) is 15.5. The van der Waals surface area contributed by atoms with Crippen molar-refractivity contribution in [3.8, 4) is 11.5 Å². The minimum atomic E-state index is -0.993. The van der Waals surface area contributed by atoms with E-state index in [4.69, 9.17) is 14.6 Å². The van der Waals surface area contributed by atoms with Gasteiger partial charge >= 0.3 is 5.97 Å². The number of unbranched alkanes of at least 4 members (excludes halogenated alkanes) is 1. The lowest BCUT2D eigenvalue weighted by atomic mass is 10.2. The fourth-order valence-corrected chi connectivity index (χ4v) is 4.09. The van der Waals surface area contributed by atoms with Crippen LogP contribution in [0.4, 0.5) is 5.69 Å². The maximum atomic E-state index is 12.9. The Kier molecular flexibility index (Phi) is 7.94. The number of rotatable bonds is 9. The molecule has 0 aliphatic carbocycles. The summed E-state index contributed by atoms with van der Waals surface area (Å²) in [4.78, 5) is 30.6. The van der Waals surface area contributed by atoms with Crippen molar-refractivity contribution in [2.24, 2.45) is 4.99 Å². The number of carboxylic acid groups (broad SMARTS) is 1. The lowest BCUT2D eigenvalue weighted by Gasteiger charge is -2.12. The van der Waals surface area contributed by atoms with Gasteiger partial charge in [-0.25, -0.2) is 9.79 Å². The third-order valence-corrected chi connectivity index (χ3v) is 5.79. The molecule has 0 radical (unpaired) electrons. The SMILES string of the molecule is CCCCOc1ccc(/C=C2/SC(=Nc3ccc(C(=O)O)cc3)N(CC)C2=O)cc1OC. The molecule has 0 aromatic heterocycles. The topological polar surface area (TPSA) is 88.4 Å². The summed E-state index contributed by atoms with van der Waals surface area (Å²) < 4.78 is 11.2. The summed E-state index contributed by atoms with van der Waals surface area (Å²) in [7, 11) is 1.59. The van der Waals surface area contributed by atoms with Crippen LogP contribution in [0, 0.1) is 0 Å². The number of thioether (sulfide) groups is 1. The fraction of sp³-hybridized carbons (Fsp3) is 0.292. The second-order valence-electron chi connectivity index (χ2n) is 7.02. The van der Waals surface area contributed by atoms with Gasteiger partial charge in [0.05, 0.1) is 29.9 Å². The van der Waals surface area contributed by atoms with Crippen LogP contribution in [0.1, 0.15) is 42.6 Å². The second-order valence-corrected chi connectivity index (χ2v) is 8.03. The number of amidine groups is 1. The van der Waals surface area contributed by atoms with Gasteiger partial charge in [0.25, 0.3) is 5.91 Å². The largest absolute Gasteiger partial charge is 0.493 e. The molecule has 1 saturated heterocycles. The Morgan fingerprint density at radius 3 is 2.53 bits per heavy atom. The van der Waals surface area contributed by atoms with Crippen LogP contribution >= 0.6 is 11.8 Å². The maximum Gasteiger partial charge on any atom is 0.335 e. The quantitative estimate of drug-likeness (QED) is 0.414. The minimum Gasteiger partial charge on any atom is -0.493 e. The Morgan fingerprint density at radius 1 is 1.16 bits per heavy atom. The number of hydrogen-bond donors (Lipinski definition) is 1. The number of carbonyl (C=O) groups excluding carboxylic acids is 1. The van der Waals surface area contributed by atoms with E-state index in [1.807, 2.05) is 31.2 Å². The first kappa shape index (κ1) is 23.4. The summed E-state index contributed by atoms with van der Waals surface area (Å²) >= 11 is 1.29. The van der Waals surface area contributed by atoms with E-state index in [0.717, 1.165) is 18.4 Å². The third kappa shape index (κ3) is 5.50. The Balaban J connectivity index is 1.84. The number of carboxylic acids is 1. The molecule has 1 aliphatic rings. The van der Waals surface area contributed by atoms with Crippen LogP contribution in [-0.2, 0) is 4.79 Å². The van der Waals surface area contributed by atoms with E-state index in [1.54, 1.807) is 24.1 Å². The van der Waals surface area contributed by atoms with Crippen LogP contribution in [0.5, 0.6) is 11.5 Å². The highest BCUT2D eigenvalue weighted by Gasteiger charge is 2.32. The molecule has 2 aromatic rings. The normalized spacial score (nSPS) is 16.1. The fourth-order valence-electron chi connectivity index (χ4n) is 3.03. The summed E-state index contributed by atoms with van der Waals surface area (Å²) in [5.74, 6) is 0.175. The highest BCUT2D eigenvalue weighted by molar-refractivity contribution is 8.18. The molecule has 1 heterocycles. The molecule has 3 rings (SSSR count). The number of ether oxygens (including phenoxy) is 2. The second kappa shape index (κ2) is 10.9. The molecule has 1 fully saturated rings. The standard InChI is InChI=1S/C24H26N2O5S/c1-4-6-13-31-19-12-7-16(14-20(19)30-3)15-21-22(27)26(5-2)24(32-21)25-18-10-8-17(9-11-18)23(28)29/h7-12,14-15H,4-6,13H2,1-3H3,(H,28,29)/b21-15+,25-24?. The molecule has 0 saturated carbocycles. The van der Waals surface area contributed by atoms with E-state index >= 15 is 0 Å². The van der Waals surface area contributed by atoms with E-state index in [0.29, 0.717) is 40.4 Å². The third-order valence-electron chi connectivity index (χ3n) is 4.78. The van der Waals surface area contributed by atoms with Crippen molar-refractivity contribution in [1.29, 1.82) is 0 Å². The summed E-state index contributed by atoms with van der Waals surface area (Å²) in [6, 6.07) is 11.8. The maximum absolute atomic E-state index is 12.9. The zero-order valence-corrected chi connectivity index (χ0v) is 19.1. The van der Waals surface area contributed by atoms with Gasteiger partial charge < -0.3 is 14.6 Å². The zero-order valence-electron chi connectivity index (χ0n) is 18.3. The van der Waals surface area contributed by atoms with Gasteiger partial charge in [-0.2, -0.15) is 0 Å². The Hall–Kier alpha value is -3.26. The van der Waals surface area contributed by atoms with E-state index in [9.17, 15) is 9.59 Å². The molecule has 0 bridgehead atoms. The van der Waals surface area contributed by atoms with Crippen molar-refractivity contribution in [2.45, 2.75) is 26.7 Å². The van der Waals surface area contributed by atoms with Crippen molar-refractivity contribution in [2.75, 3.05) is 20.3 Å². The van der Waals surface area contributed by atoms with Crippen molar-refractivity contribution >= 4 is 40.6 Å². The molecule has 1 aliphatic heterocycles. The van der Waals surface area contributed by atoms with Crippen molar-refractivity contribution in [3.63, 3.8) is 0 Å². The molecule has 7 nitrogen and oxygen atoms in total. The van der Waals surface area contributed by atoms with Crippen molar-refractivity contribution in [1.82, 2.24) is 4.90 Å². The van der Waals surface area contributed by atoms with E-state index in [-0.39, 0.29) is 11.5 Å². The predicted octanol–water partition coefficient (Wildman–Crippen LogP) is 5.20. The molecule has 0 atom stereocenters. The number of carbonyl (C=O) groups is 2.